The largest absolute Gasteiger partial charge is 0.493 e. The summed E-state index contributed by atoms with van der Waals surface area (Å²) in [5, 5.41) is 7.06. The van der Waals surface area contributed by atoms with Crippen LogP contribution in [0.5, 0.6) is 11.5 Å². The highest BCUT2D eigenvalue weighted by molar-refractivity contribution is 7.71. The Balaban J connectivity index is 2.09. The van der Waals surface area contributed by atoms with Gasteiger partial charge in [-0.2, -0.15) is 5.10 Å². The van der Waals surface area contributed by atoms with E-state index in [-0.39, 0.29) is 0 Å². The van der Waals surface area contributed by atoms with Gasteiger partial charge in [-0.05, 0) is 42.8 Å². The first kappa shape index (κ1) is 17.3. The lowest BCUT2D eigenvalue weighted by molar-refractivity contribution is 0.294. The molecule has 126 valence electrons. The molecule has 1 aromatic carbocycles. The number of aryl methyl sites for hydroxylation is 1. The molecule has 2 rings (SSSR count). The summed E-state index contributed by atoms with van der Waals surface area (Å²) in [4.78, 5) is 0. The molecule has 0 bridgehead atoms. The first-order chi connectivity index (χ1) is 11.2. The lowest BCUT2D eigenvalue weighted by Crippen LogP contribution is -2.17. The summed E-state index contributed by atoms with van der Waals surface area (Å²) in [6.45, 7) is 5.49. The third-order valence-corrected chi connectivity index (χ3v) is 3.62. The van der Waals surface area contributed by atoms with Crippen LogP contribution in [0.1, 0.15) is 38.1 Å². The third kappa shape index (κ3) is 4.48. The molecule has 1 heterocycles. The number of nitrogens with zero attached hydrogens (tertiary/aromatic N) is 2. The van der Waals surface area contributed by atoms with Gasteiger partial charge < -0.3 is 14.9 Å². The van der Waals surface area contributed by atoms with Crippen LogP contribution in [-0.2, 0) is 13.0 Å². The number of nitrogens with one attached hydrogen (secondary N) is 2. The first-order valence-corrected chi connectivity index (χ1v) is 8.30. The Morgan fingerprint density at radius 1 is 1.26 bits per heavy atom. The molecular formula is C16H24N4O2S. The van der Waals surface area contributed by atoms with Gasteiger partial charge in [-0.15, -0.1) is 0 Å². The number of aromatic amines is 1. The maximum absolute atomic E-state index is 5.67. The average molecular weight is 336 g/mol. The highest BCUT2D eigenvalue weighted by atomic mass is 32.1. The molecule has 0 aliphatic heterocycles. The Hall–Kier alpha value is -2.02. The molecule has 0 atom stereocenters. The molecule has 7 heteroatoms. The zero-order valence-electron chi connectivity index (χ0n) is 13.9. The maximum Gasteiger partial charge on any atom is 0.214 e. The van der Waals surface area contributed by atoms with Gasteiger partial charge in [0, 0.05) is 6.42 Å². The van der Waals surface area contributed by atoms with Crippen molar-refractivity contribution in [3.8, 4) is 11.5 Å². The monoisotopic (exact) mass is 336 g/mol. The summed E-state index contributed by atoms with van der Waals surface area (Å²) in [5.41, 5.74) is 4.38. The van der Waals surface area contributed by atoms with Crippen LogP contribution in [0.15, 0.2) is 18.2 Å². The van der Waals surface area contributed by atoms with E-state index in [1.807, 2.05) is 22.9 Å². The van der Waals surface area contributed by atoms with Crippen LogP contribution in [0, 0.1) is 4.77 Å². The molecule has 0 fully saturated rings. The fourth-order valence-corrected chi connectivity index (χ4v) is 2.42. The van der Waals surface area contributed by atoms with Gasteiger partial charge in [-0.25, -0.2) is 4.68 Å². The zero-order chi connectivity index (χ0) is 16.7. The van der Waals surface area contributed by atoms with Crippen LogP contribution in [0.4, 0.5) is 0 Å². The number of ether oxygens (including phenoxy) is 2. The molecule has 0 aliphatic rings. The Labute approximate surface area is 141 Å². The molecule has 0 amide bonds. The number of hydrogen-bond donors (Lipinski definition) is 2. The number of aromatic nitrogens is 3. The van der Waals surface area contributed by atoms with E-state index in [4.69, 9.17) is 21.7 Å². The van der Waals surface area contributed by atoms with E-state index >= 15 is 0 Å². The summed E-state index contributed by atoms with van der Waals surface area (Å²) in [7, 11) is 1.65. The average Bonchev–Trinajstić information content (AvgIpc) is 2.91. The van der Waals surface area contributed by atoms with Gasteiger partial charge in [0.15, 0.2) is 17.3 Å². The van der Waals surface area contributed by atoms with Crippen molar-refractivity contribution in [1.82, 2.24) is 14.9 Å². The van der Waals surface area contributed by atoms with Crippen LogP contribution in [0.25, 0.3) is 0 Å². The van der Waals surface area contributed by atoms with Gasteiger partial charge in [0.05, 0.1) is 20.3 Å². The Bertz CT molecular complexity index is 681. The van der Waals surface area contributed by atoms with Gasteiger partial charge in [-0.3, -0.25) is 5.10 Å². The van der Waals surface area contributed by atoms with Crippen LogP contribution in [0.3, 0.4) is 0 Å². The van der Waals surface area contributed by atoms with E-state index in [1.54, 1.807) is 7.11 Å². The molecule has 0 spiro atoms. The van der Waals surface area contributed by atoms with E-state index in [2.05, 4.69) is 29.5 Å². The van der Waals surface area contributed by atoms with Crippen LogP contribution in [-0.4, -0.2) is 28.6 Å². The summed E-state index contributed by atoms with van der Waals surface area (Å²) in [6, 6.07) is 5.93. The summed E-state index contributed by atoms with van der Waals surface area (Å²) >= 11 is 5.26. The Morgan fingerprint density at radius 2 is 2.09 bits per heavy atom. The quantitative estimate of drug-likeness (QED) is 0.687. The maximum atomic E-state index is 5.67. The molecule has 1 aromatic heterocycles. The van der Waals surface area contributed by atoms with Crippen molar-refractivity contribution in [2.24, 2.45) is 0 Å². The van der Waals surface area contributed by atoms with E-state index in [9.17, 15) is 0 Å². The third-order valence-electron chi connectivity index (χ3n) is 3.35. The minimum Gasteiger partial charge on any atom is -0.493 e. The molecular weight excluding hydrogens is 312 g/mol. The minimum absolute atomic E-state index is 0.573. The normalized spacial score (nSPS) is 10.6. The lowest BCUT2D eigenvalue weighted by Gasteiger charge is -2.13. The molecule has 0 saturated carbocycles. The smallest absolute Gasteiger partial charge is 0.214 e. The van der Waals surface area contributed by atoms with Gasteiger partial charge in [0.2, 0.25) is 4.77 Å². The van der Waals surface area contributed by atoms with Crippen molar-refractivity contribution in [3.05, 3.63) is 34.4 Å². The number of H-pyrrole nitrogens is 1. The molecule has 2 N–H and O–H groups in total. The molecule has 23 heavy (non-hydrogen) atoms. The van der Waals surface area contributed by atoms with Crippen molar-refractivity contribution >= 4 is 12.2 Å². The van der Waals surface area contributed by atoms with Gasteiger partial charge in [0.1, 0.15) is 0 Å². The molecule has 0 saturated heterocycles. The van der Waals surface area contributed by atoms with Gasteiger partial charge >= 0.3 is 0 Å². The summed E-state index contributed by atoms with van der Waals surface area (Å²) < 4.78 is 13.5. The fraction of sp³-hybridized carbons (Fsp3) is 0.500. The van der Waals surface area contributed by atoms with Gasteiger partial charge in [0.25, 0.3) is 0 Å². The summed E-state index contributed by atoms with van der Waals surface area (Å²) in [6.07, 6.45) is 2.84. The SMILES string of the molecule is CCCOc1ccc(CNn2c(CCC)n[nH]c2=S)cc1OC. The fourth-order valence-electron chi connectivity index (χ4n) is 2.21. The standard InChI is InChI=1S/C16H24N4O2S/c1-4-6-15-18-19-16(23)20(15)17-11-12-7-8-13(22-9-5-2)14(10-12)21-3/h7-8,10,17H,4-6,9,11H2,1-3H3,(H,19,23). The van der Waals surface area contributed by atoms with Gasteiger partial charge in [-0.1, -0.05) is 19.9 Å². The van der Waals surface area contributed by atoms with Crippen molar-refractivity contribution in [2.75, 3.05) is 19.1 Å². The molecule has 0 unspecified atom stereocenters. The van der Waals surface area contributed by atoms with Crippen LogP contribution in [0.2, 0.25) is 0 Å². The molecule has 0 aliphatic carbocycles. The van der Waals surface area contributed by atoms with E-state index in [0.717, 1.165) is 42.1 Å². The number of benzene rings is 1. The molecule has 6 nitrogen and oxygen atoms in total. The highest BCUT2D eigenvalue weighted by Gasteiger charge is 2.08. The first-order valence-electron chi connectivity index (χ1n) is 7.89. The second-order valence-corrected chi connectivity index (χ2v) is 5.59. The van der Waals surface area contributed by atoms with Crippen molar-refractivity contribution < 1.29 is 9.47 Å². The topological polar surface area (TPSA) is 64.1 Å². The molecule has 0 radical (unpaired) electrons. The number of methoxy groups -OCH3 is 1. The Morgan fingerprint density at radius 3 is 2.78 bits per heavy atom. The highest BCUT2D eigenvalue weighted by Crippen LogP contribution is 2.28. The number of rotatable bonds is 9. The van der Waals surface area contributed by atoms with Crippen LogP contribution >= 0.6 is 12.2 Å². The van der Waals surface area contributed by atoms with Crippen LogP contribution < -0.4 is 14.9 Å². The van der Waals surface area contributed by atoms with E-state index in [1.165, 1.54) is 0 Å². The molecule has 2 aromatic rings. The second kappa shape index (κ2) is 8.57. The van der Waals surface area contributed by atoms with Crippen molar-refractivity contribution in [1.29, 1.82) is 0 Å². The minimum atomic E-state index is 0.573. The zero-order valence-corrected chi connectivity index (χ0v) is 14.7. The van der Waals surface area contributed by atoms with E-state index in [0.29, 0.717) is 17.9 Å². The van der Waals surface area contributed by atoms with Crippen molar-refractivity contribution in [2.45, 2.75) is 39.7 Å². The second-order valence-electron chi connectivity index (χ2n) is 5.20. The Kier molecular flexibility index (Phi) is 6.46. The lowest BCUT2D eigenvalue weighted by atomic mass is 10.2. The summed E-state index contributed by atoms with van der Waals surface area (Å²) in [5.74, 6) is 2.42. The van der Waals surface area contributed by atoms with Crippen molar-refractivity contribution in [3.63, 3.8) is 0 Å². The predicted molar refractivity (Wildman–Crippen MR) is 93.3 cm³/mol. The van der Waals surface area contributed by atoms with E-state index < -0.39 is 0 Å². The predicted octanol–water partition coefficient (Wildman–Crippen LogP) is 3.43. The number of hydrogen-bond acceptors (Lipinski definition) is 5.